The third kappa shape index (κ3) is 4.48. The summed E-state index contributed by atoms with van der Waals surface area (Å²) in [4.78, 5) is 3.80. The van der Waals surface area contributed by atoms with Gasteiger partial charge >= 0.3 is 0 Å². The van der Waals surface area contributed by atoms with Crippen molar-refractivity contribution in [2.24, 2.45) is 4.99 Å². The Bertz CT molecular complexity index is 908. The third-order valence-electron chi connectivity index (χ3n) is 4.22. The zero-order valence-electron chi connectivity index (χ0n) is 14.0. The third-order valence-corrected chi connectivity index (χ3v) is 4.31. The van der Waals surface area contributed by atoms with Gasteiger partial charge in [-0.15, -0.1) is 0 Å². The van der Waals surface area contributed by atoms with Crippen LogP contribution in [0, 0.1) is 12.7 Å². The largest absolute Gasteiger partial charge is 0.206 e. The normalized spacial score (nSPS) is 10.3. The summed E-state index contributed by atoms with van der Waals surface area (Å²) in [5.41, 5.74) is 5.74. The van der Waals surface area contributed by atoms with Crippen LogP contribution in [0.4, 0.5) is 10.1 Å². The van der Waals surface area contributed by atoms with E-state index in [1.807, 2.05) is 12.1 Å². The highest BCUT2D eigenvalue weighted by Crippen LogP contribution is 2.26. The molecule has 0 spiro atoms. The molecule has 0 unspecified atom stereocenters. The van der Waals surface area contributed by atoms with Crippen LogP contribution in [0.1, 0.15) is 16.7 Å². The molecule has 3 heteroatoms. The first-order valence-electron chi connectivity index (χ1n) is 8.18. The number of halogens is 1. The number of nitrogens with zero attached hydrogens (tertiary/aromatic N) is 1. The van der Waals surface area contributed by atoms with Crippen molar-refractivity contribution < 1.29 is 4.39 Å². The SMILES string of the molecule is Cc1ccc(CCc2ccc(-c3ccc(N=C=S)cc3F)cc2)cc1. The Morgan fingerprint density at radius 2 is 1.48 bits per heavy atom. The molecule has 0 fully saturated rings. The lowest BCUT2D eigenvalue weighted by atomic mass is 9.99. The molecule has 0 aliphatic rings. The Labute approximate surface area is 152 Å². The van der Waals surface area contributed by atoms with Gasteiger partial charge in [0.15, 0.2) is 0 Å². The fourth-order valence-corrected chi connectivity index (χ4v) is 2.86. The Hall–Kier alpha value is -2.61. The first kappa shape index (κ1) is 17.2. The molecule has 0 atom stereocenters. The maximum atomic E-state index is 14.2. The van der Waals surface area contributed by atoms with Crippen LogP contribution in [-0.2, 0) is 12.8 Å². The van der Waals surface area contributed by atoms with Crippen LogP contribution in [-0.4, -0.2) is 5.16 Å². The molecule has 3 rings (SSSR count). The standard InChI is InChI=1S/C22H18FNS/c1-16-2-4-17(5-3-16)6-7-18-8-10-19(11-9-18)21-13-12-20(24-15-25)14-22(21)23/h2-5,8-14H,6-7H2,1H3. The monoisotopic (exact) mass is 347 g/mol. The van der Waals surface area contributed by atoms with E-state index in [0.29, 0.717) is 11.3 Å². The molecular formula is C22H18FNS. The fraction of sp³-hybridized carbons (Fsp3) is 0.136. The van der Waals surface area contributed by atoms with Gasteiger partial charge in [-0.05, 0) is 60.8 Å². The van der Waals surface area contributed by atoms with Crippen LogP contribution in [0.25, 0.3) is 11.1 Å². The first-order chi connectivity index (χ1) is 12.2. The zero-order valence-corrected chi connectivity index (χ0v) is 14.8. The van der Waals surface area contributed by atoms with Gasteiger partial charge in [0.25, 0.3) is 0 Å². The Morgan fingerprint density at radius 3 is 2.04 bits per heavy atom. The first-order valence-corrected chi connectivity index (χ1v) is 8.59. The van der Waals surface area contributed by atoms with Crippen molar-refractivity contribution >= 4 is 23.1 Å². The van der Waals surface area contributed by atoms with E-state index in [9.17, 15) is 4.39 Å². The highest BCUT2D eigenvalue weighted by atomic mass is 32.1. The molecule has 0 N–H and O–H groups in total. The van der Waals surface area contributed by atoms with E-state index in [-0.39, 0.29) is 5.82 Å². The van der Waals surface area contributed by atoms with Crippen LogP contribution in [0.3, 0.4) is 0 Å². The molecule has 3 aromatic carbocycles. The number of aryl methyl sites for hydroxylation is 3. The van der Waals surface area contributed by atoms with Gasteiger partial charge in [-0.2, -0.15) is 4.99 Å². The van der Waals surface area contributed by atoms with Crippen LogP contribution >= 0.6 is 12.2 Å². The summed E-state index contributed by atoms with van der Waals surface area (Å²) in [6.45, 7) is 2.09. The molecule has 0 bridgehead atoms. The van der Waals surface area contributed by atoms with Crippen LogP contribution in [0.2, 0.25) is 0 Å². The molecule has 3 aromatic rings. The van der Waals surface area contributed by atoms with Crippen molar-refractivity contribution in [3.8, 4) is 11.1 Å². The molecule has 0 aromatic heterocycles. The smallest absolute Gasteiger partial charge is 0.133 e. The number of rotatable bonds is 5. The van der Waals surface area contributed by atoms with Gasteiger partial charge in [0.2, 0.25) is 0 Å². The lowest BCUT2D eigenvalue weighted by Crippen LogP contribution is -1.92. The molecule has 0 radical (unpaired) electrons. The van der Waals surface area contributed by atoms with Crippen LogP contribution in [0.15, 0.2) is 71.7 Å². The molecule has 0 heterocycles. The number of aliphatic imine (C=N–C) groups is 1. The van der Waals surface area contributed by atoms with E-state index in [1.165, 1.54) is 22.8 Å². The minimum atomic E-state index is -0.307. The molecule has 0 saturated carbocycles. The predicted molar refractivity (Wildman–Crippen MR) is 105 cm³/mol. The van der Waals surface area contributed by atoms with Crippen LogP contribution < -0.4 is 0 Å². The van der Waals surface area contributed by atoms with Crippen LogP contribution in [0.5, 0.6) is 0 Å². The van der Waals surface area contributed by atoms with Gasteiger partial charge in [-0.1, -0.05) is 54.1 Å². The van der Waals surface area contributed by atoms with Crippen molar-refractivity contribution in [2.75, 3.05) is 0 Å². The summed E-state index contributed by atoms with van der Waals surface area (Å²) in [5.74, 6) is -0.307. The Morgan fingerprint density at radius 1 is 0.880 bits per heavy atom. The van der Waals surface area contributed by atoms with Gasteiger partial charge in [-0.25, -0.2) is 4.39 Å². The summed E-state index contributed by atoms with van der Waals surface area (Å²) in [5, 5.41) is 2.25. The van der Waals surface area contributed by atoms with E-state index in [4.69, 9.17) is 0 Å². The molecule has 124 valence electrons. The predicted octanol–water partition coefficient (Wildman–Crippen LogP) is 6.32. The molecule has 0 aliphatic carbocycles. The summed E-state index contributed by atoms with van der Waals surface area (Å²) >= 11 is 4.55. The minimum absolute atomic E-state index is 0.307. The molecule has 25 heavy (non-hydrogen) atoms. The van der Waals surface area contributed by atoms with Gasteiger partial charge in [0.1, 0.15) is 5.82 Å². The number of hydrogen-bond acceptors (Lipinski definition) is 2. The second-order valence-electron chi connectivity index (χ2n) is 6.05. The second kappa shape index (κ2) is 7.98. The van der Waals surface area contributed by atoms with E-state index >= 15 is 0 Å². The van der Waals surface area contributed by atoms with Crippen molar-refractivity contribution in [1.29, 1.82) is 0 Å². The lowest BCUT2D eigenvalue weighted by molar-refractivity contribution is 0.631. The summed E-state index contributed by atoms with van der Waals surface area (Å²) < 4.78 is 14.2. The summed E-state index contributed by atoms with van der Waals surface area (Å²) in [6, 6.07) is 21.5. The Balaban J connectivity index is 1.71. The second-order valence-corrected chi connectivity index (χ2v) is 6.23. The summed E-state index contributed by atoms with van der Waals surface area (Å²) in [7, 11) is 0. The van der Waals surface area contributed by atoms with Crippen molar-refractivity contribution in [3.05, 3.63) is 89.2 Å². The number of benzene rings is 3. The highest BCUT2D eigenvalue weighted by molar-refractivity contribution is 7.78. The van der Waals surface area contributed by atoms with E-state index in [1.54, 1.807) is 12.1 Å². The lowest BCUT2D eigenvalue weighted by Gasteiger charge is -2.07. The molecule has 0 amide bonds. The van der Waals surface area contributed by atoms with E-state index < -0.39 is 0 Å². The van der Waals surface area contributed by atoms with Gasteiger partial charge in [0, 0.05) is 11.6 Å². The van der Waals surface area contributed by atoms with E-state index in [2.05, 4.69) is 65.7 Å². The van der Waals surface area contributed by atoms with Gasteiger partial charge in [0.05, 0.1) is 10.8 Å². The van der Waals surface area contributed by atoms with Gasteiger partial charge < -0.3 is 0 Å². The average molecular weight is 347 g/mol. The molecule has 0 saturated heterocycles. The quantitative estimate of drug-likeness (QED) is 0.388. The van der Waals surface area contributed by atoms with E-state index in [0.717, 1.165) is 18.4 Å². The molecule has 0 aliphatic heterocycles. The maximum Gasteiger partial charge on any atom is 0.133 e. The number of thiocarbonyl (C=S) groups is 1. The number of hydrogen-bond donors (Lipinski definition) is 0. The average Bonchev–Trinajstić information content (AvgIpc) is 2.62. The van der Waals surface area contributed by atoms with Gasteiger partial charge in [-0.3, -0.25) is 0 Å². The Kier molecular flexibility index (Phi) is 5.49. The summed E-state index contributed by atoms with van der Waals surface area (Å²) in [6.07, 6.45) is 1.96. The maximum absolute atomic E-state index is 14.2. The zero-order chi connectivity index (χ0) is 17.6. The highest BCUT2D eigenvalue weighted by Gasteiger charge is 2.06. The minimum Gasteiger partial charge on any atom is -0.206 e. The van der Waals surface area contributed by atoms with Crippen molar-refractivity contribution in [3.63, 3.8) is 0 Å². The molecule has 1 nitrogen and oxygen atoms in total. The topological polar surface area (TPSA) is 12.4 Å². The van der Waals surface area contributed by atoms with Crippen molar-refractivity contribution in [1.82, 2.24) is 0 Å². The number of isothiocyanates is 1. The molecular weight excluding hydrogens is 329 g/mol. The van der Waals surface area contributed by atoms with Crippen molar-refractivity contribution in [2.45, 2.75) is 19.8 Å². The fourth-order valence-electron chi connectivity index (χ4n) is 2.75.